The molecule has 6 nitrogen and oxygen atoms in total. The Kier molecular flexibility index (Phi) is 5.56. The van der Waals surface area contributed by atoms with Gasteiger partial charge < -0.3 is 4.74 Å². The van der Waals surface area contributed by atoms with Crippen LogP contribution in [0.25, 0.3) is 11.4 Å². The SMILES string of the molecule is CCCOc1nc(-c2ccc(C)cc2)n(S(=O)(=O)c2c(C)cc(C)cc2C)n1. The molecule has 3 rings (SSSR count). The highest BCUT2D eigenvalue weighted by Gasteiger charge is 2.28. The van der Waals surface area contributed by atoms with Gasteiger partial charge in [0.1, 0.15) is 0 Å². The minimum Gasteiger partial charge on any atom is -0.462 e. The Morgan fingerprint density at radius 1 is 0.964 bits per heavy atom. The second kappa shape index (κ2) is 7.75. The van der Waals surface area contributed by atoms with Crippen LogP contribution in [-0.4, -0.2) is 29.2 Å². The predicted molar refractivity (Wildman–Crippen MR) is 109 cm³/mol. The molecule has 148 valence electrons. The minimum atomic E-state index is -3.95. The van der Waals surface area contributed by atoms with Crippen molar-refractivity contribution in [3.8, 4) is 17.4 Å². The Bertz CT molecular complexity index is 1080. The summed E-state index contributed by atoms with van der Waals surface area (Å²) >= 11 is 0. The fraction of sp³-hybridized carbons (Fsp3) is 0.333. The van der Waals surface area contributed by atoms with Crippen LogP contribution < -0.4 is 4.74 Å². The maximum atomic E-state index is 13.5. The molecular formula is C21H25N3O3S. The summed E-state index contributed by atoms with van der Waals surface area (Å²) in [5, 5.41) is 4.19. The van der Waals surface area contributed by atoms with Crippen molar-refractivity contribution < 1.29 is 13.2 Å². The van der Waals surface area contributed by atoms with E-state index < -0.39 is 10.0 Å². The summed E-state index contributed by atoms with van der Waals surface area (Å²) in [5.74, 6) is 0.241. The standard InChI is InChI=1S/C21H25N3O3S/c1-6-11-27-21-22-20(18-9-7-14(2)8-10-18)24(23-21)28(25,26)19-16(4)12-15(3)13-17(19)5/h7-10,12-13H,6,11H2,1-5H3. The lowest BCUT2D eigenvalue weighted by Crippen LogP contribution is -2.18. The molecule has 1 heterocycles. The molecule has 0 aliphatic heterocycles. The second-order valence-corrected chi connectivity index (χ2v) is 8.71. The molecule has 2 aromatic carbocycles. The van der Waals surface area contributed by atoms with Gasteiger partial charge in [-0.15, -0.1) is 4.09 Å². The molecule has 7 heteroatoms. The van der Waals surface area contributed by atoms with Crippen LogP contribution in [0.4, 0.5) is 0 Å². The van der Waals surface area contributed by atoms with Crippen molar-refractivity contribution in [1.82, 2.24) is 14.2 Å². The van der Waals surface area contributed by atoms with Gasteiger partial charge in [-0.2, -0.15) is 13.4 Å². The summed E-state index contributed by atoms with van der Waals surface area (Å²) in [6.45, 7) is 9.89. The first-order valence-corrected chi connectivity index (χ1v) is 10.7. The molecule has 0 saturated carbocycles. The highest BCUT2D eigenvalue weighted by atomic mass is 32.2. The van der Waals surface area contributed by atoms with Gasteiger partial charge in [-0.05, 0) is 45.2 Å². The van der Waals surface area contributed by atoms with Gasteiger partial charge in [0.2, 0.25) is 0 Å². The highest BCUT2D eigenvalue weighted by Crippen LogP contribution is 2.29. The van der Waals surface area contributed by atoms with Gasteiger partial charge in [0.25, 0.3) is 10.0 Å². The van der Waals surface area contributed by atoms with Gasteiger partial charge in [-0.1, -0.05) is 59.5 Å². The van der Waals surface area contributed by atoms with Gasteiger partial charge in [-0.25, -0.2) is 0 Å². The van der Waals surface area contributed by atoms with Crippen LogP contribution in [0.3, 0.4) is 0 Å². The van der Waals surface area contributed by atoms with E-state index in [0.717, 1.165) is 21.6 Å². The number of ether oxygens (including phenoxy) is 1. The van der Waals surface area contributed by atoms with Crippen LogP contribution in [0.1, 0.15) is 35.6 Å². The predicted octanol–water partition coefficient (Wildman–Crippen LogP) is 4.20. The van der Waals surface area contributed by atoms with Crippen LogP contribution in [0, 0.1) is 27.7 Å². The van der Waals surface area contributed by atoms with Gasteiger partial charge in [0.05, 0.1) is 11.5 Å². The number of aryl methyl sites for hydroxylation is 4. The number of hydrogen-bond acceptors (Lipinski definition) is 5. The Hall–Kier alpha value is -2.67. The van der Waals surface area contributed by atoms with Gasteiger partial charge in [-0.3, -0.25) is 0 Å². The average Bonchev–Trinajstić information content (AvgIpc) is 3.04. The molecular weight excluding hydrogens is 374 g/mol. The summed E-state index contributed by atoms with van der Waals surface area (Å²) in [6, 6.07) is 11.3. The molecule has 1 aromatic heterocycles. The number of aromatic nitrogens is 3. The van der Waals surface area contributed by atoms with E-state index in [-0.39, 0.29) is 16.7 Å². The summed E-state index contributed by atoms with van der Waals surface area (Å²) in [5.41, 5.74) is 4.11. The zero-order valence-electron chi connectivity index (χ0n) is 16.9. The minimum absolute atomic E-state index is 0.0587. The van der Waals surface area contributed by atoms with E-state index >= 15 is 0 Å². The fourth-order valence-corrected chi connectivity index (χ4v) is 4.90. The van der Waals surface area contributed by atoms with E-state index in [2.05, 4.69) is 10.1 Å². The topological polar surface area (TPSA) is 74.1 Å². The summed E-state index contributed by atoms with van der Waals surface area (Å²) in [6.07, 6.45) is 0.775. The van der Waals surface area contributed by atoms with E-state index in [9.17, 15) is 8.42 Å². The lowest BCUT2D eigenvalue weighted by molar-refractivity contribution is 0.293. The Morgan fingerprint density at radius 2 is 1.57 bits per heavy atom. The molecule has 0 spiro atoms. The molecule has 0 bridgehead atoms. The molecule has 3 aromatic rings. The zero-order valence-corrected chi connectivity index (χ0v) is 17.7. The number of benzene rings is 2. The smallest absolute Gasteiger partial charge is 0.337 e. The maximum Gasteiger partial charge on any atom is 0.337 e. The first-order chi connectivity index (χ1) is 13.2. The molecule has 0 atom stereocenters. The van der Waals surface area contributed by atoms with E-state index in [0.29, 0.717) is 23.3 Å². The van der Waals surface area contributed by atoms with Gasteiger partial charge in [0, 0.05) is 5.56 Å². The van der Waals surface area contributed by atoms with Crippen molar-refractivity contribution in [3.05, 3.63) is 58.7 Å². The van der Waals surface area contributed by atoms with Gasteiger partial charge in [0.15, 0.2) is 5.82 Å². The van der Waals surface area contributed by atoms with Gasteiger partial charge >= 0.3 is 6.01 Å². The Balaban J connectivity index is 2.22. The monoisotopic (exact) mass is 399 g/mol. The third kappa shape index (κ3) is 3.80. The van der Waals surface area contributed by atoms with E-state index in [1.165, 1.54) is 0 Å². The van der Waals surface area contributed by atoms with Crippen molar-refractivity contribution in [2.75, 3.05) is 6.61 Å². The molecule has 0 saturated heterocycles. The quantitative estimate of drug-likeness (QED) is 0.621. The molecule has 0 unspecified atom stereocenters. The van der Waals surface area contributed by atoms with E-state index in [4.69, 9.17) is 4.74 Å². The van der Waals surface area contributed by atoms with Crippen molar-refractivity contribution in [1.29, 1.82) is 0 Å². The average molecular weight is 400 g/mol. The highest BCUT2D eigenvalue weighted by molar-refractivity contribution is 7.90. The number of rotatable bonds is 6. The maximum absolute atomic E-state index is 13.5. The van der Waals surface area contributed by atoms with Crippen molar-refractivity contribution in [2.45, 2.75) is 45.9 Å². The normalized spacial score (nSPS) is 11.6. The molecule has 0 fully saturated rings. The summed E-state index contributed by atoms with van der Waals surface area (Å²) in [7, 11) is -3.95. The lowest BCUT2D eigenvalue weighted by atomic mass is 10.1. The summed E-state index contributed by atoms with van der Waals surface area (Å²) < 4.78 is 33.6. The summed E-state index contributed by atoms with van der Waals surface area (Å²) in [4.78, 5) is 4.62. The first kappa shape index (κ1) is 20.1. The number of hydrogen-bond donors (Lipinski definition) is 0. The van der Waals surface area contributed by atoms with E-state index in [1.54, 1.807) is 13.8 Å². The number of nitrogens with zero attached hydrogens (tertiary/aromatic N) is 3. The van der Waals surface area contributed by atoms with Crippen LogP contribution in [0.2, 0.25) is 0 Å². The van der Waals surface area contributed by atoms with Crippen LogP contribution in [-0.2, 0) is 10.0 Å². The van der Waals surface area contributed by atoms with Crippen LogP contribution in [0.15, 0.2) is 41.3 Å². The first-order valence-electron chi connectivity index (χ1n) is 9.24. The molecule has 0 aliphatic rings. The molecule has 0 N–H and O–H groups in total. The molecule has 0 amide bonds. The molecule has 0 aliphatic carbocycles. The zero-order chi connectivity index (χ0) is 20.5. The van der Waals surface area contributed by atoms with Crippen LogP contribution in [0.5, 0.6) is 6.01 Å². The van der Waals surface area contributed by atoms with Crippen molar-refractivity contribution in [2.24, 2.45) is 0 Å². The van der Waals surface area contributed by atoms with E-state index in [1.807, 2.05) is 57.2 Å². The largest absolute Gasteiger partial charge is 0.462 e. The third-order valence-electron chi connectivity index (χ3n) is 4.39. The van der Waals surface area contributed by atoms with Crippen molar-refractivity contribution in [3.63, 3.8) is 0 Å². The lowest BCUT2D eigenvalue weighted by Gasteiger charge is -2.13. The Labute approximate surface area is 166 Å². The second-order valence-electron chi connectivity index (χ2n) is 7.01. The molecule has 28 heavy (non-hydrogen) atoms. The van der Waals surface area contributed by atoms with Crippen molar-refractivity contribution >= 4 is 10.0 Å². The third-order valence-corrected chi connectivity index (χ3v) is 6.26. The van der Waals surface area contributed by atoms with Crippen LogP contribution >= 0.6 is 0 Å². The molecule has 0 radical (unpaired) electrons. The Morgan fingerprint density at radius 3 is 2.14 bits per heavy atom. The fourth-order valence-electron chi connectivity index (χ4n) is 3.24.